The summed E-state index contributed by atoms with van der Waals surface area (Å²) in [5.74, 6) is 4.09. The summed E-state index contributed by atoms with van der Waals surface area (Å²) in [5, 5.41) is 0. The van der Waals surface area contributed by atoms with E-state index >= 15 is 0 Å². The normalized spacial score (nSPS) is 12.7. The molecule has 0 heterocycles. The SMILES string of the molecule is CC(C)=CCC[C@@H](C)CC#C[Si](C)(C)C. The van der Waals surface area contributed by atoms with E-state index in [4.69, 9.17) is 0 Å². The van der Waals surface area contributed by atoms with Gasteiger partial charge in [-0.1, -0.05) is 38.2 Å². The molecule has 0 unspecified atom stereocenters. The van der Waals surface area contributed by atoms with Crippen LogP contribution in [0.2, 0.25) is 19.6 Å². The van der Waals surface area contributed by atoms with Crippen LogP contribution in [0.15, 0.2) is 11.6 Å². The van der Waals surface area contributed by atoms with Crippen LogP contribution in [0.1, 0.15) is 40.0 Å². The van der Waals surface area contributed by atoms with Crippen molar-refractivity contribution in [3.63, 3.8) is 0 Å². The van der Waals surface area contributed by atoms with Gasteiger partial charge in [-0.25, -0.2) is 0 Å². The monoisotopic (exact) mass is 222 g/mol. The molecule has 0 saturated heterocycles. The zero-order valence-electron chi connectivity index (χ0n) is 11.3. The molecule has 0 fully saturated rings. The molecule has 0 aromatic rings. The van der Waals surface area contributed by atoms with Crippen molar-refractivity contribution in [2.75, 3.05) is 0 Å². The first-order valence-corrected chi connectivity index (χ1v) is 9.44. The molecule has 1 heteroatoms. The lowest BCUT2D eigenvalue weighted by Gasteiger charge is -2.07. The Morgan fingerprint density at radius 1 is 1.27 bits per heavy atom. The van der Waals surface area contributed by atoms with Crippen molar-refractivity contribution < 1.29 is 0 Å². The maximum Gasteiger partial charge on any atom is 0.129 e. The number of hydrogen-bond donors (Lipinski definition) is 0. The third kappa shape index (κ3) is 11.4. The van der Waals surface area contributed by atoms with Crippen LogP contribution in [0.5, 0.6) is 0 Å². The Balaban J connectivity index is 3.79. The highest BCUT2D eigenvalue weighted by Crippen LogP contribution is 2.11. The van der Waals surface area contributed by atoms with E-state index in [9.17, 15) is 0 Å². The van der Waals surface area contributed by atoms with Gasteiger partial charge in [0.05, 0.1) is 0 Å². The van der Waals surface area contributed by atoms with Gasteiger partial charge in [0.1, 0.15) is 8.07 Å². The molecule has 0 aliphatic rings. The van der Waals surface area contributed by atoms with Gasteiger partial charge in [0.2, 0.25) is 0 Å². The first kappa shape index (κ1) is 14.5. The Kier molecular flexibility index (Phi) is 6.68. The van der Waals surface area contributed by atoms with Crippen molar-refractivity contribution in [2.24, 2.45) is 5.92 Å². The molecule has 0 aromatic carbocycles. The lowest BCUT2D eigenvalue weighted by atomic mass is 10.0. The molecule has 0 rings (SSSR count). The summed E-state index contributed by atoms with van der Waals surface area (Å²) in [6.45, 7) is 13.5. The molecule has 0 aliphatic carbocycles. The molecule has 0 spiro atoms. The Bertz CT molecular complexity index is 253. The van der Waals surface area contributed by atoms with E-state index in [1.54, 1.807) is 0 Å². The predicted octanol–water partition coefficient (Wildman–Crippen LogP) is 4.64. The Hall–Kier alpha value is -0.483. The molecule has 0 aliphatic heterocycles. The van der Waals surface area contributed by atoms with E-state index in [0.717, 1.165) is 12.3 Å². The molecule has 0 aromatic heterocycles. The second kappa shape index (κ2) is 6.90. The van der Waals surface area contributed by atoms with Gasteiger partial charge in [0, 0.05) is 6.42 Å². The van der Waals surface area contributed by atoms with Crippen LogP contribution in [-0.2, 0) is 0 Å². The molecule has 15 heavy (non-hydrogen) atoms. The predicted molar refractivity (Wildman–Crippen MR) is 73.6 cm³/mol. The first-order valence-electron chi connectivity index (χ1n) is 5.94. The molecule has 0 nitrogen and oxygen atoms in total. The quantitative estimate of drug-likeness (QED) is 0.369. The molecule has 0 bridgehead atoms. The van der Waals surface area contributed by atoms with Gasteiger partial charge in [0.25, 0.3) is 0 Å². The van der Waals surface area contributed by atoms with E-state index in [2.05, 4.69) is 58.0 Å². The molecule has 0 amide bonds. The van der Waals surface area contributed by atoms with Gasteiger partial charge in [-0.2, -0.15) is 0 Å². The third-order valence-electron chi connectivity index (χ3n) is 2.13. The minimum atomic E-state index is -1.15. The molecule has 0 saturated carbocycles. The summed E-state index contributed by atoms with van der Waals surface area (Å²) in [4.78, 5) is 0. The molecular weight excluding hydrogens is 196 g/mol. The highest BCUT2D eigenvalue weighted by Gasteiger charge is 2.07. The van der Waals surface area contributed by atoms with E-state index < -0.39 is 8.07 Å². The fraction of sp³-hybridized carbons (Fsp3) is 0.714. The standard InChI is InChI=1S/C14H26Si/c1-13(2)9-7-10-14(3)11-8-12-15(4,5)6/h9,14H,7,10-11H2,1-6H3/t14-/m1/s1. The average Bonchev–Trinajstić information content (AvgIpc) is 2.00. The second-order valence-corrected chi connectivity index (χ2v) is 10.5. The largest absolute Gasteiger partial charge is 0.132 e. The van der Waals surface area contributed by atoms with Crippen LogP contribution < -0.4 is 0 Å². The molecule has 0 radical (unpaired) electrons. The number of allylic oxidation sites excluding steroid dienone is 2. The van der Waals surface area contributed by atoms with E-state index in [1.165, 1.54) is 18.4 Å². The zero-order chi connectivity index (χ0) is 11.9. The summed E-state index contributed by atoms with van der Waals surface area (Å²) in [5.41, 5.74) is 4.85. The minimum Gasteiger partial charge on any atom is -0.132 e. The number of rotatable bonds is 4. The number of hydrogen-bond acceptors (Lipinski definition) is 0. The molecular formula is C14H26Si. The molecule has 86 valence electrons. The summed E-state index contributed by atoms with van der Waals surface area (Å²) in [6.07, 6.45) is 5.87. The van der Waals surface area contributed by atoms with Gasteiger partial charge >= 0.3 is 0 Å². The van der Waals surface area contributed by atoms with Crippen LogP contribution in [0.3, 0.4) is 0 Å². The Morgan fingerprint density at radius 3 is 2.33 bits per heavy atom. The maximum atomic E-state index is 3.43. The van der Waals surface area contributed by atoms with E-state index in [0.29, 0.717) is 0 Å². The summed E-state index contributed by atoms with van der Waals surface area (Å²) >= 11 is 0. The van der Waals surface area contributed by atoms with Gasteiger partial charge in [0.15, 0.2) is 0 Å². The average molecular weight is 222 g/mol. The van der Waals surface area contributed by atoms with Crippen LogP contribution in [0, 0.1) is 17.4 Å². The smallest absolute Gasteiger partial charge is 0.129 e. The zero-order valence-corrected chi connectivity index (χ0v) is 12.3. The minimum absolute atomic E-state index is 0.740. The van der Waals surface area contributed by atoms with E-state index in [1.807, 2.05) is 0 Å². The lowest BCUT2D eigenvalue weighted by molar-refractivity contribution is 0.553. The van der Waals surface area contributed by atoms with Gasteiger partial charge in [-0.15, -0.1) is 11.5 Å². The van der Waals surface area contributed by atoms with Crippen LogP contribution in [0.4, 0.5) is 0 Å². The maximum absolute atomic E-state index is 3.43. The fourth-order valence-corrected chi connectivity index (χ4v) is 1.88. The van der Waals surface area contributed by atoms with Gasteiger partial charge in [-0.05, 0) is 32.6 Å². The summed E-state index contributed by atoms with van der Waals surface area (Å²) in [6, 6.07) is 0. The second-order valence-electron chi connectivity index (χ2n) is 5.72. The van der Waals surface area contributed by atoms with Gasteiger partial charge < -0.3 is 0 Å². The van der Waals surface area contributed by atoms with Gasteiger partial charge in [-0.3, -0.25) is 0 Å². The van der Waals surface area contributed by atoms with Crippen molar-refractivity contribution in [3.8, 4) is 11.5 Å². The summed E-state index contributed by atoms with van der Waals surface area (Å²) in [7, 11) is -1.15. The van der Waals surface area contributed by atoms with Crippen molar-refractivity contribution in [1.29, 1.82) is 0 Å². The van der Waals surface area contributed by atoms with Crippen molar-refractivity contribution in [2.45, 2.75) is 59.7 Å². The van der Waals surface area contributed by atoms with Crippen molar-refractivity contribution >= 4 is 8.07 Å². The van der Waals surface area contributed by atoms with Crippen LogP contribution in [0.25, 0.3) is 0 Å². The Morgan fingerprint density at radius 2 is 1.87 bits per heavy atom. The molecule has 0 N–H and O–H groups in total. The topological polar surface area (TPSA) is 0 Å². The molecule has 1 atom stereocenters. The summed E-state index contributed by atoms with van der Waals surface area (Å²) < 4.78 is 0. The van der Waals surface area contributed by atoms with E-state index in [-0.39, 0.29) is 0 Å². The highest BCUT2D eigenvalue weighted by atomic mass is 28.3. The van der Waals surface area contributed by atoms with Crippen molar-refractivity contribution in [3.05, 3.63) is 11.6 Å². The lowest BCUT2D eigenvalue weighted by Crippen LogP contribution is -2.16. The third-order valence-corrected chi connectivity index (χ3v) is 3.05. The Labute approximate surface area is 97.2 Å². The highest BCUT2D eigenvalue weighted by molar-refractivity contribution is 6.83. The van der Waals surface area contributed by atoms with Crippen LogP contribution >= 0.6 is 0 Å². The van der Waals surface area contributed by atoms with Crippen LogP contribution in [-0.4, -0.2) is 8.07 Å². The fourth-order valence-electron chi connectivity index (χ4n) is 1.25. The first-order chi connectivity index (χ1) is 6.81. The van der Waals surface area contributed by atoms with Crippen molar-refractivity contribution in [1.82, 2.24) is 0 Å².